The molecule has 0 radical (unpaired) electrons. The van der Waals surface area contributed by atoms with Crippen LogP contribution < -0.4 is 0 Å². The number of nitrogens with zero attached hydrogens (tertiary/aromatic N) is 1. The molecule has 84 valence electrons. The van der Waals surface area contributed by atoms with E-state index in [1.807, 2.05) is 0 Å². The van der Waals surface area contributed by atoms with Crippen molar-refractivity contribution in [2.24, 2.45) is 0 Å². The van der Waals surface area contributed by atoms with Gasteiger partial charge in [-0.3, -0.25) is 4.90 Å². The molecule has 0 aliphatic carbocycles. The van der Waals surface area contributed by atoms with Crippen molar-refractivity contribution >= 4 is 0 Å². The molecule has 1 fully saturated rings. The maximum Gasteiger partial charge on any atom is 0.0594 e. The quantitative estimate of drug-likeness (QED) is 0.608. The van der Waals surface area contributed by atoms with Crippen molar-refractivity contribution in [1.82, 2.24) is 4.90 Å². The summed E-state index contributed by atoms with van der Waals surface area (Å²) in [6, 6.07) is 0. The van der Waals surface area contributed by atoms with E-state index in [0.717, 1.165) is 52.3 Å². The number of rotatable bonds is 6. The van der Waals surface area contributed by atoms with Crippen LogP contribution in [-0.2, 0) is 9.47 Å². The molecule has 1 atom stereocenters. The van der Waals surface area contributed by atoms with Crippen LogP contribution in [0.3, 0.4) is 0 Å². The molecule has 1 rings (SSSR count). The predicted octanol–water partition coefficient (Wildman–Crippen LogP) is 1.52. The monoisotopic (exact) mass is 201 g/mol. The summed E-state index contributed by atoms with van der Waals surface area (Å²) in [5, 5.41) is 0. The Hall–Kier alpha value is -0.120. The van der Waals surface area contributed by atoms with Gasteiger partial charge in [0.15, 0.2) is 0 Å². The lowest BCUT2D eigenvalue weighted by Crippen LogP contribution is -2.37. The van der Waals surface area contributed by atoms with Gasteiger partial charge < -0.3 is 9.47 Å². The Labute approximate surface area is 87.4 Å². The fourth-order valence-electron chi connectivity index (χ4n) is 1.52. The molecule has 14 heavy (non-hydrogen) atoms. The van der Waals surface area contributed by atoms with Crippen LogP contribution in [0.4, 0.5) is 0 Å². The first kappa shape index (κ1) is 12.0. The topological polar surface area (TPSA) is 21.7 Å². The first-order valence-electron chi connectivity index (χ1n) is 5.74. The minimum atomic E-state index is 0.416. The maximum absolute atomic E-state index is 5.62. The highest BCUT2D eigenvalue weighted by Gasteiger charge is 2.09. The van der Waals surface area contributed by atoms with Gasteiger partial charge in [0.1, 0.15) is 0 Å². The average Bonchev–Trinajstić information content (AvgIpc) is 2.25. The van der Waals surface area contributed by atoms with Crippen LogP contribution in [0.25, 0.3) is 0 Å². The second-order valence-electron chi connectivity index (χ2n) is 3.90. The van der Waals surface area contributed by atoms with Gasteiger partial charge in [0.25, 0.3) is 0 Å². The third-order valence-electron chi connectivity index (χ3n) is 2.70. The molecule has 1 heterocycles. The smallest absolute Gasteiger partial charge is 0.0594 e. The van der Waals surface area contributed by atoms with Crippen molar-refractivity contribution in [3.05, 3.63) is 0 Å². The molecule has 0 aromatic carbocycles. The Morgan fingerprint density at radius 1 is 1.36 bits per heavy atom. The molecule has 0 N–H and O–H groups in total. The van der Waals surface area contributed by atoms with Gasteiger partial charge in [-0.25, -0.2) is 0 Å². The second-order valence-corrected chi connectivity index (χ2v) is 3.90. The zero-order valence-corrected chi connectivity index (χ0v) is 9.50. The van der Waals surface area contributed by atoms with Gasteiger partial charge in [0, 0.05) is 26.2 Å². The summed E-state index contributed by atoms with van der Waals surface area (Å²) in [6.45, 7) is 10.3. The average molecular weight is 201 g/mol. The minimum Gasteiger partial charge on any atom is -0.379 e. The zero-order valence-electron chi connectivity index (χ0n) is 9.50. The van der Waals surface area contributed by atoms with E-state index in [1.165, 1.54) is 0 Å². The van der Waals surface area contributed by atoms with E-state index in [1.54, 1.807) is 0 Å². The van der Waals surface area contributed by atoms with Gasteiger partial charge in [-0.05, 0) is 19.8 Å². The van der Waals surface area contributed by atoms with E-state index in [2.05, 4.69) is 18.7 Å². The predicted molar refractivity (Wildman–Crippen MR) is 57.6 cm³/mol. The van der Waals surface area contributed by atoms with E-state index in [4.69, 9.17) is 9.47 Å². The molecule has 1 aliphatic heterocycles. The van der Waals surface area contributed by atoms with Crippen molar-refractivity contribution in [2.45, 2.75) is 32.8 Å². The van der Waals surface area contributed by atoms with E-state index in [9.17, 15) is 0 Å². The van der Waals surface area contributed by atoms with E-state index >= 15 is 0 Å². The van der Waals surface area contributed by atoms with Crippen molar-refractivity contribution in [2.75, 3.05) is 39.5 Å². The molecular formula is C11H23NO2. The van der Waals surface area contributed by atoms with Crippen molar-refractivity contribution in [1.29, 1.82) is 0 Å². The highest BCUT2D eigenvalue weighted by atomic mass is 16.5. The Morgan fingerprint density at radius 3 is 2.71 bits per heavy atom. The summed E-state index contributed by atoms with van der Waals surface area (Å²) in [5.74, 6) is 0. The zero-order chi connectivity index (χ0) is 10.2. The highest BCUT2D eigenvalue weighted by molar-refractivity contribution is 4.61. The molecule has 0 saturated carbocycles. The summed E-state index contributed by atoms with van der Waals surface area (Å²) in [5.41, 5.74) is 0. The fraction of sp³-hybridized carbons (Fsp3) is 1.00. The first-order chi connectivity index (χ1) is 6.83. The van der Waals surface area contributed by atoms with Crippen molar-refractivity contribution < 1.29 is 9.47 Å². The summed E-state index contributed by atoms with van der Waals surface area (Å²) in [4.78, 5) is 2.45. The Kier molecular flexibility index (Phi) is 6.15. The Morgan fingerprint density at radius 2 is 2.07 bits per heavy atom. The molecule has 0 aromatic rings. The molecule has 0 aromatic heterocycles. The van der Waals surface area contributed by atoms with Crippen LogP contribution in [0.1, 0.15) is 26.7 Å². The Bertz CT molecular complexity index is 135. The molecular weight excluding hydrogens is 178 g/mol. The van der Waals surface area contributed by atoms with E-state index in [-0.39, 0.29) is 0 Å². The maximum atomic E-state index is 5.62. The molecule has 1 unspecified atom stereocenters. The van der Waals surface area contributed by atoms with Gasteiger partial charge in [-0.15, -0.1) is 0 Å². The number of ether oxygens (including phenoxy) is 2. The number of morpholine rings is 1. The van der Waals surface area contributed by atoms with E-state index in [0.29, 0.717) is 6.10 Å². The van der Waals surface area contributed by atoms with Gasteiger partial charge in [0.2, 0.25) is 0 Å². The molecule has 3 nitrogen and oxygen atoms in total. The molecule has 0 spiro atoms. The molecule has 0 amide bonds. The van der Waals surface area contributed by atoms with E-state index < -0.39 is 0 Å². The third kappa shape index (κ3) is 4.94. The Balaban J connectivity index is 1.92. The van der Waals surface area contributed by atoms with Crippen LogP contribution in [0.2, 0.25) is 0 Å². The largest absolute Gasteiger partial charge is 0.379 e. The highest BCUT2D eigenvalue weighted by Crippen LogP contribution is 2.00. The van der Waals surface area contributed by atoms with Crippen molar-refractivity contribution in [3.8, 4) is 0 Å². The minimum absolute atomic E-state index is 0.416. The summed E-state index contributed by atoms with van der Waals surface area (Å²) in [6.07, 6.45) is 2.67. The van der Waals surface area contributed by atoms with Gasteiger partial charge in [0.05, 0.1) is 19.3 Å². The third-order valence-corrected chi connectivity index (χ3v) is 2.70. The first-order valence-corrected chi connectivity index (χ1v) is 5.74. The standard InChI is InChI=1S/C11H23NO2/c1-3-11(2)14-8-4-5-12-6-9-13-10-7-12/h11H,3-10H2,1-2H3. The molecule has 1 aliphatic rings. The summed E-state index contributed by atoms with van der Waals surface area (Å²) in [7, 11) is 0. The van der Waals surface area contributed by atoms with Crippen LogP contribution in [-0.4, -0.2) is 50.5 Å². The van der Waals surface area contributed by atoms with Crippen molar-refractivity contribution in [3.63, 3.8) is 0 Å². The number of hydrogen-bond acceptors (Lipinski definition) is 3. The number of hydrogen-bond donors (Lipinski definition) is 0. The molecule has 0 bridgehead atoms. The van der Waals surface area contributed by atoms with Gasteiger partial charge in [-0.2, -0.15) is 0 Å². The lowest BCUT2D eigenvalue weighted by atomic mass is 10.3. The molecule has 3 heteroatoms. The SMILES string of the molecule is CCC(C)OCCCN1CCOCC1. The fourth-order valence-corrected chi connectivity index (χ4v) is 1.52. The second kappa shape index (κ2) is 7.21. The van der Waals surface area contributed by atoms with Gasteiger partial charge >= 0.3 is 0 Å². The van der Waals surface area contributed by atoms with Gasteiger partial charge in [-0.1, -0.05) is 6.92 Å². The lowest BCUT2D eigenvalue weighted by molar-refractivity contribution is 0.0236. The molecule has 1 saturated heterocycles. The van der Waals surface area contributed by atoms with Crippen LogP contribution in [0.15, 0.2) is 0 Å². The van der Waals surface area contributed by atoms with Crippen LogP contribution in [0.5, 0.6) is 0 Å². The summed E-state index contributed by atoms with van der Waals surface area (Å²) >= 11 is 0. The van der Waals surface area contributed by atoms with Crippen LogP contribution >= 0.6 is 0 Å². The van der Waals surface area contributed by atoms with Crippen LogP contribution in [0, 0.1) is 0 Å². The summed E-state index contributed by atoms with van der Waals surface area (Å²) < 4.78 is 10.9. The normalized spacial score (nSPS) is 21.0. The lowest BCUT2D eigenvalue weighted by Gasteiger charge is -2.26.